The molecular weight excluding hydrogens is 324 g/mol. The highest BCUT2D eigenvalue weighted by Gasteiger charge is 2.31. The Kier molecular flexibility index (Phi) is 7.69. The van der Waals surface area contributed by atoms with Crippen LogP contribution in [0.25, 0.3) is 0 Å². The number of carboxylic acids is 1. The molecule has 0 unspecified atom stereocenters. The van der Waals surface area contributed by atoms with E-state index in [1.165, 1.54) is 20.8 Å². The van der Waals surface area contributed by atoms with Gasteiger partial charge < -0.3 is 15.7 Å². The van der Waals surface area contributed by atoms with Gasteiger partial charge >= 0.3 is 5.97 Å². The fourth-order valence-electron chi connectivity index (χ4n) is 1.56. The molecule has 0 bridgehead atoms. The monoisotopic (exact) mass is 350 g/mol. The summed E-state index contributed by atoms with van der Waals surface area (Å²) in [5.41, 5.74) is 0. The van der Waals surface area contributed by atoms with Crippen LogP contribution in [0.1, 0.15) is 41.0 Å². The lowest BCUT2D eigenvalue weighted by atomic mass is 10.0. The van der Waals surface area contributed by atoms with E-state index in [4.69, 9.17) is 5.11 Å². The van der Waals surface area contributed by atoms with Gasteiger partial charge in [-0.1, -0.05) is 13.8 Å². The molecule has 23 heavy (non-hydrogen) atoms. The summed E-state index contributed by atoms with van der Waals surface area (Å²) in [6.07, 6.45) is 0.257. The molecule has 0 aromatic heterocycles. The van der Waals surface area contributed by atoms with Crippen molar-refractivity contribution in [2.75, 3.05) is 12.3 Å². The first-order valence-electron chi connectivity index (χ1n) is 7.27. The largest absolute Gasteiger partial charge is 0.480 e. The zero-order valence-electron chi connectivity index (χ0n) is 14.2. The van der Waals surface area contributed by atoms with Crippen molar-refractivity contribution in [3.05, 3.63) is 0 Å². The van der Waals surface area contributed by atoms with Crippen molar-refractivity contribution in [1.29, 1.82) is 0 Å². The van der Waals surface area contributed by atoms with Gasteiger partial charge in [0.2, 0.25) is 11.8 Å². The number of rotatable bonds is 8. The second-order valence-corrected chi connectivity index (χ2v) is 9.48. The van der Waals surface area contributed by atoms with Crippen molar-refractivity contribution < 1.29 is 27.9 Å². The SMILES string of the molecule is CC(C)C[C@H](NC(=O)CNC(=O)CS(=O)(=O)C(C)(C)C)C(=O)O. The number of carboxylic acid groups (broad SMARTS) is 1. The van der Waals surface area contributed by atoms with Crippen LogP contribution >= 0.6 is 0 Å². The van der Waals surface area contributed by atoms with E-state index in [-0.39, 0.29) is 12.3 Å². The van der Waals surface area contributed by atoms with Gasteiger partial charge in [-0.05, 0) is 33.1 Å². The predicted molar refractivity (Wildman–Crippen MR) is 85.6 cm³/mol. The molecule has 0 aromatic carbocycles. The molecule has 0 heterocycles. The molecule has 8 nitrogen and oxygen atoms in total. The molecule has 0 saturated heterocycles. The van der Waals surface area contributed by atoms with Crippen molar-refractivity contribution in [2.45, 2.75) is 51.8 Å². The smallest absolute Gasteiger partial charge is 0.326 e. The van der Waals surface area contributed by atoms with E-state index in [9.17, 15) is 22.8 Å². The maximum atomic E-state index is 11.9. The quantitative estimate of drug-likeness (QED) is 0.562. The van der Waals surface area contributed by atoms with E-state index in [0.717, 1.165) is 0 Å². The van der Waals surface area contributed by atoms with Crippen molar-refractivity contribution in [2.24, 2.45) is 5.92 Å². The summed E-state index contributed by atoms with van der Waals surface area (Å²) < 4.78 is 22.6. The molecule has 0 aliphatic rings. The molecule has 1 atom stereocenters. The van der Waals surface area contributed by atoms with Crippen molar-refractivity contribution in [3.8, 4) is 0 Å². The first-order chi connectivity index (χ1) is 10.3. The van der Waals surface area contributed by atoms with Crippen LogP contribution in [-0.4, -0.2) is 54.4 Å². The van der Waals surface area contributed by atoms with Crippen LogP contribution < -0.4 is 10.6 Å². The highest BCUT2D eigenvalue weighted by Crippen LogP contribution is 2.15. The highest BCUT2D eigenvalue weighted by atomic mass is 32.2. The van der Waals surface area contributed by atoms with Gasteiger partial charge in [-0.2, -0.15) is 0 Å². The van der Waals surface area contributed by atoms with E-state index in [1.54, 1.807) is 0 Å². The average molecular weight is 350 g/mol. The Hall–Kier alpha value is -1.64. The van der Waals surface area contributed by atoms with Gasteiger partial charge in [0.1, 0.15) is 11.8 Å². The van der Waals surface area contributed by atoms with Crippen LogP contribution in [0.3, 0.4) is 0 Å². The molecule has 0 aliphatic carbocycles. The van der Waals surface area contributed by atoms with Crippen molar-refractivity contribution >= 4 is 27.6 Å². The summed E-state index contributed by atoms with van der Waals surface area (Å²) >= 11 is 0. The number of aliphatic carboxylic acids is 1. The number of sulfone groups is 1. The molecule has 0 rings (SSSR count). The first kappa shape index (κ1) is 21.4. The number of carbonyl (C=O) groups excluding carboxylic acids is 2. The summed E-state index contributed by atoms with van der Waals surface area (Å²) in [5, 5.41) is 13.5. The van der Waals surface area contributed by atoms with E-state index in [2.05, 4.69) is 10.6 Å². The summed E-state index contributed by atoms with van der Waals surface area (Å²) in [7, 11) is -3.64. The lowest BCUT2D eigenvalue weighted by molar-refractivity contribution is -0.142. The molecule has 0 aromatic rings. The van der Waals surface area contributed by atoms with Gasteiger partial charge in [-0.25, -0.2) is 13.2 Å². The number of amides is 2. The standard InChI is InChI=1S/C14H26N2O6S/c1-9(2)6-10(13(19)20)16-11(17)7-15-12(18)8-23(21,22)14(3,4)5/h9-10H,6-8H2,1-5H3,(H,15,18)(H,16,17)(H,19,20)/t10-/m0/s1. The number of carbonyl (C=O) groups is 3. The Morgan fingerprint density at radius 3 is 2.00 bits per heavy atom. The Morgan fingerprint density at radius 1 is 1.09 bits per heavy atom. The van der Waals surface area contributed by atoms with Crippen LogP contribution in [-0.2, 0) is 24.2 Å². The maximum Gasteiger partial charge on any atom is 0.326 e. The predicted octanol–water partition coefficient (Wildman–Crippen LogP) is -0.0686. The Balaban J connectivity index is 4.49. The first-order valence-corrected chi connectivity index (χ1v) is 8.92. The van der Waals surface area contributed by atoms with Crippen molar-refractivity contribution in [1.82, 2.24) is 10.6 Å². The second-order valence-electron chi connectivity index (χ2n) is 6.74. The third-order valence-electron chi connectivity index (χ3n) is 3.04. The zero-order valence-corrected chi connectivity index (χ0v) is 15.0. The number of hydrogen-bond donors (Lipinski definition) is 3. The van der Waals surface area contributed by atoms with E-state index in [0.29, 0.717) is 0 Å². The summed E-state index contributed by atoms with van der Waals surface area (Å²) in [4.78, 5) is 34.3. The zero-order chi connectivity index (χ0) is 18.4. The van der Waals surface area contributed by atoms with Gasteiger partial charge in [0, 0.05) is 0 Å². The number of hydrogen-bond acceptors (Lipinski definition) is 5. The van der Waals surface area contributed by atoms with Gasteiger partial charge in [-0.3, -0.25) is 9.59 Å². The molecule has 9 heteroatoms. The van der Waals surface area contributed by atoms with E-state index >= 15 is 0 Å². The topological polar surface area (TPSA) is 130 Å². The van der Waals surface area contributed by atoms with Crippen molar-refractivity contribution in [3.63, 3.8) is 0 Å². The molecule has 2 amide bonds. The fourth-order valence-corrected chi connectivity index (χ4v) is 2.44. The van der Waals surface area contributed by atoms with Gasteiger partial charge in [0.25, 0.3) is 0 Å². The minimum Gasteiger partial charge on any atom is -0.480 e. The minimum absolute atomic E-state index is 0.0721. The lowest BCUT2D eigenvalue weighted by Crippen LogP contribution is -2.47. The average Bonchev–Trinajstić information content (AvgIpc) is 2.33. The fraction of sp³-hybridized carbons (Fsp3) is 0.786. The maximum absolute atomic E-state index is 11.9. The van der Waals surface area contributed by atoms with Crippen LogP contribution in [0.4, 0.5) is 0 Å². The number of nitrogens with one attached hydrogen (secondary N) is 2. The summed E-state index contributed by atoms with van der Waals surface area (Å²) in [5.74, 6) is -3.29. The van der Waals surface area contributed by atoms with E-state index in [1.807, 2.05) is 13.8 Å². The lowest BCUT2D eigenvalue weighted by Gasteiger charge is -2.19. The third kappa shape index (κ3) is 7.96. The molecular formula is C14H26N2O6S. The minimum atomic E-state index is -3.64. The van der Waals surface area contributed by atoms with Crippen LogP contribution in [0.5, 0.6) is 0 Å². The Bertz CT molecular complexity index is 548. The molecule has 134 valence electrons. The Morgan fingerprint density at radius 2 is 1.61 bits per heavy atom. The summed E-state index contributed by atoms with van der Waals surface area (Å²) in [6, 6.07) is -1.04. The van der Waals surface area contributed by atoms with Gasteiger partial charge in [0.05, 0.1) is 11.3 Å². The molecule has 0 aliphatic heterocycles. The highest BCUT2D eigenvalue weighted by molar-refractivity contribution is 7.93. The molecule has 0 radical (unpaired) electrons. The van der Waals surface area contributed by atoms with Crippen LogP contribution in [0.15, 0.2) is 0 Å². The van der Waals surface area contributed by atoms with Crippen LogP contribution in [0, 0.1) is 5.92 Å². The third-order valence-corrected chi connectivity index (χ3v) is 5.55. The van der Waals surface area contributed by atoms with E-state index < -0.39 is 50.7 Å². The Labute approximate surface area is 136 Å². The van der Waals surface area contributed by atoms with Crippen LogP contribution in [0.2, 0.25) is 0 Å². The molecule has 0 saturated carbocycles. The molecule has 0 spiro atoms. The van der Waals surface area contributed by atoms with Gasteiger partial charge in [-0.15, -0.1) is 0 Å². The molecule has 3 N–H and O–H groups in total. The van der Waals surface area contributed by atoms with Gasteiger partial charge in [0.15, 0.2) is 9.84 Å². The second kappa shape index (κ2) is 8.28. The normalized spacial score (nSPS) is 13.5. The summed E-state index contributed by atoms with van der Waals surface area (Å²) in [6.45, 7) is 7.60. The molecule has 0 fully saturated rings.